The minimum Gasteiger partial charge on any atom is -0.358 e. The zero-order valence-electron chi connectivity index (χ0n) is 10.5. The Morgan fingerprint density at radius 3 is 2.80 bits per heavy atom. The molecule has 0 aromatic carbocycles. The molecule has 0 amide bonds. The van der Waals surface area contributed by atoms with E-state index in [1.54, 1.807) is 29.4 Å². The molecule has 102 valence electrons. The van der Waals surface area contributed by atoms with E-state index in [-0.39, 0.29) is 18.0 Å². The molecule has 0 spiro atoms. The maximum atomic E-state index is 12.2. The second-order valence-electron chi connectivity index (χ2n) is 4.27. The van der Waals surface area contributed by atoms with Crippen LogP contribution in [0.4, 0.5) is 5.82 Å². The van der Waals surface area contributed by atoms with Gasteiger partial charge in [-0.1, -0.05) is 0 Å². The highest BCUT2D eigenvalue weighted by molar-refractivity contribution is 5.41. The number of rotatable bonds is 3. The molecule has 3 aromatic rings. The molecule has 0 aliphatic carbocycles. The van der Waals surface area contributed by atoms with Gasteiger partial charge in [-0.3, -0.25) is 9.20 Å². The van der Waals surface area contributed by atoms with E-state index in [1.165, 1.54) is 15.2 Å². The molecule has 0 fully saturated rings. The van der Waals surface area contributed by atoms with E-state index >= 15 is 0 Å². The number of fused-ring (bicyclic) bond motifs is 1. The molecule has 3 heterocycles. The number of imidazole rings is 2. The van der Waals surface area contributed by atoms with E-state index in [4.69, 9.17) is 0 Å². The van der Waals surface area contributed by atoms with Gasteiger partial charge in [-0.05, 0) is 9.91 Å². The van der Waals surface area contributed by atoms with E-state index in [0.717, 1.165) is 0 Å². The Hall–Kier alpha value is -2.97. The number of hydrogen-bond acceptors (Lipinski definition) is 5. The first-order chi connectivity index (χ1) is 9.56. The molecule has 0 aliphatic heterocycles. The largest absolute Gasteiger partial charge is 0.382 e. The van der Waals surface area contributed by atoms with Crippen LogP contribution in [0.2, 0.25) is 0 Å². The number of nitrogens with zero attached hydrogens (tertiary/aromatic N) is 6. The van der Waals surface area contributed by atoms with Crippen LogP contribution >= 0.6 is 0 Å². The minimum absolute atomic E-state index is 0.0217. The van der Waals surface area contributed by atoms with Gasteiger partial charge in [0.25, 0.3) is 0 Å². The summed E-state index contributed by atoms with van der Waals surface area (Å²) >= 11 is 0. The van der Waals surface area contributed by atoms with E-state index in [2.05, 4.69) is 9.97 Å². The van der Waals surface area contributed by atoms with Crippen LogP contribution in [0.3, 0.4) is 0 Å². The van der Waals surface area contributed by atoms with Crippen LogP contribution in [0, 0.1) is 10.1 Å². The zero-order chi connectivity index (χ0) is 14.3. The van der Waals surface area contributed by atoms with Crippen molar-refractivity contribution in [3.8, 4) is 0 Å². The Morgan fingerprint density at radius 2 is 2.15 bits per heavy atom. The Kier molecular flexibility index (Phi) is 2.60. The fourth-order valence-electron chi connectivity index (χ4n) is 1.91. The van der Waals surface area contributed by atoms with Crippen LogP contribution in [0.1, 0.15) is 5.82 Å². The number of hydrogen-bond donors (Lipinski definition) is 0. The summed E-state index contributed by atoms with van der Waals surface area (Å²) in [5.74, 6) is 0.356. The molecule has 0 saturated heterocycles. The Labute approximate surface area is 111 Å². The van der Waals surface area contributed by atoms with Gasteiger partial charge >= 0.3 is 17.0 Å². The van der Waals surface area contributed by atoms with Crippen LogP contribution in [0.5, 0.6) is 0 Å². The first-order valence-corrected chi connectivity index (χ1v) is 5.75. The molecule has 3 rings (SSSR count). The maximum Gasteiger partial charge on any atom is 0.382 e. The molecular formula is C11H10N6O3. The lowest BCUT2D eigenvalue weighted by molar-refractivity contribution is -0.389. The van der Waals surface area contributed by atoms with Gasteiger partial charge in [-0.2, -0.15) is 0 Å². The van der Waals surface area contributed by atoms with Gasteiger partial charge in [0, 0.05) is 31.8 Å². The van der Waals surface area contributed by atoms with Gasteiger partial charge in [0.1, 0.15) is 12.0 Å². The fraction of sp³-hybridized carbons (Fsp3) is 0.182. The molecule has 20 heavy (non-hydrogen) atoms. The maximum absolute atomic E-state index is 12.2. The molecule has 0 aliphatic rings. The molecule has 0 N–H and O–H groups in total. The van der Waals surface area contributed by atoms with E-state index in [1.807, 2.05) is 7.05 Å². The van der Waals surface area contributed by atoms with Gasteiger partial charge in [0.15, 0.2) is 0 Å². The second-order valence-corrected chi connectivity index (χ2v) is 4.27. The quantitative estimate of drug-likeness (QED) is 0.501. The summed E-state index contributed by atoms with van der Waals surface area (Å²) < 4.78 is 4.55. The van der Waals surface area contributed by atoms with Gasteiger partial charge in [-0.15, -0.1) is 0 Å². The van der Waals surface area contributed by atoms with Crippen molar-refractivity contribution in [1.29, 1.82) is 0 Å². The highest BCUT2D eigenvalue weighted by Crippen LogP contribution is 2.08. The third-order valence-electron chi connectivity index (χ3n) is 3.00. The lowest BCUT2D eigenvalue weighted by Gasteiger charge is -2.04. The molecule has 9 heteroatoms. The van der Waals surface area contributed by atoms with Crippen molar-refractivity contribution in [1.82, 2.24) is 23.5 Å². The van der Waals surface area contributed by atoms with E-state index in [0.29, 0.717) is 5.82 Å². The van der Waals surface area contributed by atoms with Gasteiger partial charge in [0.2, 0.25) is 0 Å². The van der Waals surface area contributed by atoms with Crippen LogP contribution < -0.4 is 5.56 Å². The smallest absolute Gasteiger partial charge is 0.358 e. The Bertz CT molecular complexity index is 859. The van der Waals surface area contributed by atoms with Crippen molar-refractivity contribution < 1.29 is 4.92 Å². The van der Waals surface area contributed by atoms with Crippen molar-refractivity contribution in [3.05, 3.63) is 57.3 Å². The molecule has 9 nitrogen and oxygen atoms in total. The van der Waals surface area contributed by atoms with Gasteiger partial charge in [0.05, 0.1) is 6.54 Å². The Morgan fingerprint density at radius 1 is 1.35 bits per heavy atom. The summed E-state index contributed by atoms with van der Waals surface area (Å²) in [4.78, 5) is 30.1. The predicted molar refractivity (Wildman–Crippen MR) is 68.4 cm³/mol. The summed E-state index contributed by atoms with van der Waals surface area (Å²) in [6.07, 6.45) is 7.73. The third-order valence-corrected chi connectivity index (χ3v) is 3.00. The van der Waals surface area contributed by atoms with Crippen molar-refractivity contribution >= 4 is 11.5 Å². The van der Waals surface area contributed by atoms with Crippen LogP contribution in [0.25, 0.3) is 5.65 Å². The van der Waals surface area contributed by atoms with E-state index < -0.39 is 10.5 Å². The zero-order valence-corrected chi connectivity index (χ0v) is 10.5. The highest BCUT2D eigenvalue weighted by Gasteiger charge is 2.17. The lowest BCUT2D eigenvalue weighted by atomic mass is 10.5. The molecular weight excluding hydrogens is 264 g/mol. The lowest BCUT2D eigenvalue weighted by Crippen LogP contribution is -2.23. The molecule has 0 atom stereocenters. The SMILES string of the molecule is Cn1ccnc1Cn1ccn2cc([N+](=O)[O-])nc2c1=O. The van der Waals surface area contributed by atoms with Crippen LogP contribution in [-0.4, -0.2) is 28.4 Å². The van der Waals surface area contributed by atoms with Crippen LogP contribution in [0.15, 0.2) is 35.8 Å². The first kappa shape index (κ1) is 12.1. The molecule has 0 unspecified atom stereocenters. The predicted octanol–water partition coefficient (Wildman–Crippen LogP) is 0.186. The van der Waals surface area contributed by atoms with E-state index in [9.17, 15) is 14.9 Å². The summed E-state index contributed by atoms with van der Waals surface area (Å²) in [5, 5.41) is 10.7. The monoisotopic (exact) mass is 274 g/mol. The average molecular weight is 274 g/mol. The van der Waals surface area contributed by atoms with Gasteiger partial charge < -0.3 is 19.2 Å². The van der Waals surface area contributed by atoms with Crippen LogP contribution in [-0.2, 0) is 13.6 Å². The van der Waals surface area contributed by atoms with Gasteiger partial charge in [-0.25, -0.2) is 4.98 Å². The highest BCUT2D eigenvalue weighted by atomic mass is 16.6. The fourth-order valence-corrected chi connectivity index (χ4v) is 1.91. The van der Waals surface area contributed by atoms with Crippen molar-refractivity contribution in [2.45, 2.75) is 6.54 Å². The number of aryl methyl sites for hydroxylation is 1. The normalized spacial score (nSPS) is 11.1. The van der Waals surface area contributed by atoms with Crippen molar-refractivity contribution in [3.63, 3.8) is 0 Å². The summed E-state index contributed by atoms with van der Waals surface area (Å²) in [7, 11) is 1.83. The number of nitro groups is 1. The third kappa shape index (κ3) is 1.85. The molecule has 0 bridgehead atoms. The summed E-state index contributed by atoms with van der Waals surface area (Å²) in [6, 6.07) is 0. The second kappa shape index (κ2) is 4.30. The average Bonchev–Trinajstić information content (AvgIpc) is 3.00. The number of aromatic nitrogens is 5. The standard InChI is InChI=1S/C11H10N6O3/c1-14-3-2-12-8(14)6-16-5-4-15-7-9(17(19)20)13-10(15)11(16)18/h2-5,7H,6H2,1H3. The van der Waals surface area contributed by atoms with Crippen molar-refractivity contribution in [2.24, 2.45) is 7.05 Å². The minimum atomic E-state index is -0.629. The Balaban J connectivity index is 2.09. The molecule has 3 aromatic heterocycles. The topological polar surface area (TPSA) is 100 Å². The molecule has 0 saturated carbocycles. The first-order valence-electron chi connectivity index (χ1n) is 5.75. The summed E-state index contributed by atoms with van der Waals surface area (Å²) in [6.45, 7) is 0.277. The summed E-state index contributed by atoms with van der Waals surface area (Å²) in [5.41, 5.74) is -0.378. The van der Waals surface area contributed by atoms with Crippen molar-refractivity contribution in [2.75, 3.05) is 0 Å². The molecule has 0 radical (unpaired) electrons.